The van der Waals surface area contributed by atoms with Crippen LogP contribution in [0.15, 0.2) is 35.5 Å². The summed E-state index contributed by atoms with van der Waals surface area (Å²) in [6.07, 6.45) is 3.16. The molecule has 618 valence electrons. The summed E-state index contributed by atoms with van der Waals surface area (Å²) in [5.74, 6) is -10.3. The van der Waals surface area contributed by atoms with Crippen molar-refractivity contribution in [2.75, 3.05) is 157 Å². The molecule has 3 aliphatic rings. The third-order valence-corrected chi connectivity index (χ3v) is 21.3. The maximum absolute atomic E-state index is 15.4. The summed E-state index contributed by atoms with van der Waals surface area (Å²) in [6.45, 7) is 11.7. The molecular formula is C72H110N14O23S2. The number of aliphatic hydroxyl groups excluding tert-OH is 2. The number of aliphatic hydroxyl groups is 2. The van der Waals surface area contributed by atoms with Crippen LogP contribution in [0.5, 0.6) is 5.75 Å². The molecule has 1 fully saturated rings. The smallest absolute Gasteiger partial charge is 0.314 e. The van der Waals surface area contributed by atoms with E-state index in [0.29, 0.717) is 171 Å². The average molecular weight is 1600 g/mol. The van der Waals surface area contributed by atoms with Gasteiger partial charge in [-0.25, -0.2) is 9.48 Å². The summed E-state index contributed by atoms with van der Waals surface area (Å²) in [5.41, 5.74) is 7.26. The van der Waals surface area contributed by atoms with Crippen LogP contribution in [0.4, 0.5) is 4.79 Å². The molecule has 0 radical (unpaired) electrons. The molecule has 11 amide bonds. The van der Waals surface area contributed by atoms with Gasteiger partial charge in [-0.05, 0) is 61.0 Å². The van der Waals surface area contributed by atoms with Gasteiger partial charge in [0.1, 0.15) is 28.6 Å². The molecule has 12 N–H and O–H groups in total. The molecule has 39 heteroatoms. The topological polar surface area (TPSA) is 499 Å². The van der Waals surface area contributed by atoms with E-state index in [1.807, 2.05) is 6.92 Å². The number of imide groups is 1. The molecule has 111 heavy (non-hydrogen) atoms. The summed E-state index contributed by atoms with van der Waals surface area (Å²) in [5, 5.41) is 47.1. The van der Waals surface area contributed by atoms with Crippen LogP contribution in [0, 0.1) is 29.6 Å². The Morgan fingerprint density at radius 1 is 0.820 bits per heavy atom. The van der Waals surface area contributed by atoms with Gasteiger partial charge < -0.3 is 101 Å². The van der Waals surface area contributed by atoms with Gasteiger partial charge in [0.05, 0.1) is 179 Å². The molecule has 6 rings (SSSR count). The largest absolute Gasteiger partial charge is 0.496 e. The minimum absolute atomic E-state index is 0.0590. The lowest BCUT2D eigenvalue weighted by atomic mass is 9.85. The highest BCUT2D eigenvalue weighted by Gasteiger charge is 2.38. The first-order valence-electron chi connectivity index (χ1n) is 37.4. The van der Waals surface area contributed by atoms with Crippen LogP contribution >= 0.6 is 11.8 Å². The molecular weight excluding hydrogens is 1490 g/mol. The second-order valence-corrected chi connectivity index (χ2v) is 29.6. The zero-order valence-corrected chi connectivity index (χ0v) is 65.4. The highest BCUT2D eigenvalue weighted by molar-refractivity contribution is 7.98. The fourth-order valence-electron chi connectivity index (χ4n) is 12.3. The maximum Gasteiger partial charge on any atom is 0.314 e. The first kappa shape index (κ1) is 91.5. The van der Waals surface area contributed by atoms with Crippen molar-refractivity contribution in [3.63, 3.8) is 0 Å². The lowest BCUT2D eigenvalue weighted by Crippen LogP contribution is -2.57. The number of primary amides is 1. The predicted molar refractivity (Wildman–Crippen MR) is 402 cm³/mol. The number of hydrogen-bond donors (Lipinski definition) is 11. The van der Waals surface area contributed by atoms with Gasteiger partial charge in [0.2, 0.25) is 41.9 Å². The van der Waals surface area contributed by atoms with Crippen molar-refractivity contribution in [3.8, 4) is 5.75 Å². The zero-order valence-electron chi connectivity index (χ0n) is 63.8. The van der Waals surface area contributed by atoms with E-state index in [1.165, 1.54) is 42.8 Å². The van der Waals surface area contributed by atoms with Gasteiger partial charge in [-0.15, -0.1) is 5.10 Å². The SMILES string of the molecule is CC[C@H](C)[C@@H]1CC(=O)CNC(=O)[C@@H](CC(=O)[C@@H](NC=O)[C@@H](C)[C@@H](O)CO)Cc2c([nH]c3c(CSCCCCNC(=O)NCCOCCOCCOCCOCCOCCOCCOCCn4cc(CN5C(=O)C=CC5=O)nn4)c(OC)ccc23)S(=O)C[C@@H](C(=O)N[C@@H](CC(N)=O)C(=O)N2CC[C@@H](C)C2)NC(=O)CNC1=O. The number of benzene rings is 1. The van der Waals surface area contributed by atoms with Crippen LogP contribution < -0.4 is 47.7 Å². The minimum atomic E-state index is -2.39. The van der Waals surface area contributed by atoms with Crippen molar-refractivity contribution in [2.45, 2.75) is 127 Å². The summed E-state index contributed by atoms with van der Waals surface area (Å²) >= 11 is 1.51. The summed E-state index contributed by atoms with van der Waals surface area (Å²) in [6, 6.07) is -1.74. The number of H-pyrrole nitrogens is 1. The van der Waals surface area contributed by atoms with E-state index >= 15 is 4.21 Å². The quantitative estimate of drug-likeness (QED) is 0.0169. The molecule has 2 aromatic heterocycles. The predicted octanol–water partition coefficient (Wildman–Crippen LogP) is -1.77. The molecule has 0 aliphatic carbocycles. The molecule has 3 aliphatic heterocycles. The van der Waals surface area contributed by atoms with Gasteiger partial charge in [0, 0.05) is 85.6 Å². The van der Waals surface area contributed by atoms with Crippen LogP contribution in [-0.2, 0) is 122 Å². The zero-order chi connectivity index (χ0) is 80.6. The number of nitrogens with two attached hydrogens (primary N) is 1. The van der Waals surface area contributed by atoms with Crippen LogP contribution in [0.3, 0.4) is 0 Å². The van der Waals surface area contributed by atoms with E-state index in [9.17, 15) is 67.7 Å². The number of carbonyl (C=O) groups is 12. The first-order valence-corrected chi connectivity index (χ1v) is 39.8. The van der Waals surface area contributed by atoms with Crippen molar-refractivity contribution in [1.29, 1.82) is 0 Å². The average Bonchev–Trinajstić information content (AvgIpc) is 1.61. The van der Waals surface area contributed by atoms with Gasteiger partial charge in [0.25, 0.3) is 11.8 Å². The molecule has 3 aromatic rings. The van der Waals surface area contributed by atoms with Gasteiger partial charge >= 0.3 is 6.03 Å². The summed E-state index contributed by atoms with van der Waals surface area (Å²) in [7, 11) is -0.938. The number of carbonyl (C=O) groups excluding carboxylic acids is 12. The molecule has 0 spiro atoms. The van der Waals surface area contributed by atoms with Crippen molar-refractivity contribution >= 4 is 105 Å². The lowest BCUT2D eigenvalue weighted by molar-refractivity contribution is -0.138. The van der Waals surface area contributed by atoms with Crippen molar-refractivity contribution < 1.29 is 110 Å². The number of thioether (sulfide) groups is 1. The lowest BCUT2D eigenvalue weighted by Gasteiger charge is -2.27. The third kappa shape index (κ3) is 31.3. The van der Waals surface area contributed by atoms with Crippen molar-refractivity contribution in [2.24, 2.45) is 35.3 Å². The molecule has 1 unspecified atom stereocenters. The number of methoxy groups -OCH3 is 1. The number of fused-ring (bicyclic) bond motifs is 3. The Kier molecular flexibility index (Phi) is 41.1. The Bertz CT molecular complexity index is 3580. The number of nitrogens with zero attached hydrogens (tertiary/aromatic N) is 5. The number of amides is 11. The minimum Gasteiger partial charge on any atom is -0.496 e. The maximum atomic E-state index is 15.4. The fraction of sp³-hybridized carbons (Fsp3) is 0.667. The number of hydrogen-bond acceptors (Lipinski definition) is 26. The number of Topliss-reactive ketones (excluding diaryl/α,β-unsaturated/α-hetero) is 2. The second-order valence-electron chi connectivity index (χ2n) is 27.1. The molecule has 5 heterocycles. The van der Waals surface area contributed by atoms with E-state index in [2.05, 4.69) is 52.5 Å². The van der Waals surface area contributed by atoms with Crippen LogP contribution in [0.2, 0.25) is 0 Å². The molecule has 0 bridgehead atoms. The van der Waals surface area contributed by atoms with Crippen molar-refractivity contribution in [3.05, 3.63) is 47.3 Å². The fourth-order valence-corrected chi connectivity index (χ4v) is 14.7. The number of urea groups is 1. The molecule has 1 aromatic carbocycles. The summed E-state index contributed by atoms with van der Waals surface area (Å²) in [4.78, 5) is 166. The number of rotatable bonds is 49. The molecule has 1 saturated heterocycles. The monoisotopic (exact) mass is 1600 g/mol. The van der Waals surface area contributed by atoms with Gasteiger partial charge in [-0.3, -0.25) is 61.8 Å². The molecule has 0 saturated carbocycles. The highest BCUT2D eigenvalue weighted by atomic mass is 32.2. The standard InChI is InChI=1S/C72H110N14O23S2/c1-6-47(3)53-35-51(89)37-76-67(96)49(34-58(90)65(78-45-88)48(4)59(91)42-87)33-54-52-9-10-60(102-5)55(66(52)81-70(54)111(101)44-57(79-62(93)38-77-68(53)97)69(98)80-56(36-61(73)92)71(99)84-16-13-46(2)39-84)43-110-32-8-7-14-74-72(100)75-15-18-103-20-22-105-24-26-107-28-30-109-31-29-108-27-25-106-23-21-104-19-17-85-40-50(82-83-85)41-86-63(94)11-12-64(86)95/h9-12,40,45-49,53,56-57,59,65,81,87,91H,6-8,13-39,41-44H2,1-5H3,(H2,73,92)(H,76,96)(H,77,97)(H,78,88)(H,79,93)(H,80,98)(H2,74,75,100)/t46-,47+,48+,49-,53+,56+,57+,59+,65+,111?/m1/s1. The number of likely N-dealkylation sites (tertiary alicyclic amines) is 1. The van der Waals surface area contributed by atoms with Crippen LogP contribution in [-0.4, -0.2) is 297 Å². The highest BCUT2D eigenvalue weighted by Crippen LogP contribution is 2.37. The van der Waals surface area contributed by atoms with Gasteiger partial charge in [-0.2, -0.15) is 11.8 Å². The van der Waals surface area contributed by atoms with E-state index in [4.69, 9.17) is 43.6 Å². The number of ketones is 2. The summed E-state index contributed by atoms with van der Waals surface area (Å²) < 4.78 is 61.7. The van der Waals surface area contributed by atoms with E-state index in [1.54, 1.807) is 36.9 Å². The first-order chi connectivity index (χ1) is 53.5. The Hall–Kier alpha value is -8.38. The van der Waals surface area contributed by atoms with Gasteiger partial charge in [0.15, 0.2) is 11.6 Å². The Labute approximate surface area is 651 Å². The van der Waals surface area contributed by atoms with Crippen LogP contribution in [0.1, 0.15) is 89.5 Å². The Morgan fingerprint density at radius 3 is 2.04 bits per heavy atom. The number of nitrogens with one attached hydrogen (secondary N) is 8. The van der Waals surface area contributed by atoms with E-state index < -0.39 is 150 Å². The van der Waals surface area contributed by atoms with Crippen molar-refractivity contribution in [1.82, 2.24) is 67.0 Å². The van der Waals surface area contributed by atoms with Crippen LogP contribution in [0.25, 0.3) is 10.9 Å². The number of aromatic nitrogens is 4. The number of aromatic amines is 1. The molecule has 10 atom stereocenters. The Morgan fingerprint density at radius 2 is 1.44 bits per heavy atom. The third-order valence-electron chi connectivity index (χ3n) is 18.7. The normalized spacial score (nSPS) is 19.4. The Balaban J connectivity index is 0.970. The van der Waals surface area contributed by atoms with Gasteiger partial charge in [-0.1, -0.05) is 39.3 Å². The van der Waals surface area contributed by atoms with E-state index in [0.717, 1.165) is 4.90 Å². The second kappa shape index (κ2) is 49.9. The molecule has 37 nitrogen and oxygen atoms in total. The number of unbranched alkanes of at least 4 members (excludes halogenated alkanes) is 1. The van der Waals surface area contributed by atoms with E-state index in [-0.39, 0.29) is 72.6 Å². The number of ether oxygens (including phenoxy) is 8.